The fourth-order valence-electron chi connectivity index (χ4n) is 4.26. The van der Waals surface area contributed by atoms with Crippen LogP contribution in [-0.2, 0) is 16.0 Å². The number of carbonyl (C=O) groups excluding carboxylic acids is 2. The topological polar surface area (TPSA) is 49.4 Å². The van der Waals surface area contributed by atoms with Crippen LogP contribution in [0.25, 0.3) is 11.1 Å². The molecule has 2 aromatic rings. The van der Waals surface area contributed by atoms with Gasteiger partial charge in [0.25, 0.3) is 0 Å². The van der Waals surface area contributed by atoms with Crippen molar-refractivity contribution in [1.82, 2.24) is 10.2 Å². The van der Waals surface area contributed by atoms with Gasteiger partial charge in [-0.05, 0) is 30.0 Å². The molecule has 0 aromatic heterocycles. The monoisotopic (exact) mass is 422 g/mol. The molecule has 0 radical (unpaired) electrons. The first-order valence-corrected chi connectivity index (χ1v) is 10.7. The van der Waals surface area contributed by atoms with Gasteiger partial charge in [0, 0.05) is 30.6 Å². The summed E-state index contributed by atoms with van der Waals surface area (Å²) in [5.74, 6) is -0.357. The minimum absolute atomic E-state index is 0.0354. The molecule has 1 saturated heterocycles. The van der Waals surface area contributed by atoms with Crippen LogP contribution in [0.5, 0.6) is 0 Å². The van der Waals surface area contributed by atoms with Crippen LogP contribution in [0, 0.1) is 16.6 Å². The first kappa shape index (κ1) is 22.7. The molecule has 1 aliphatic rings. The second-order valence-electron chi connectivity index (χ2n) is 9.32. The van der Waals surface area contributed by atoms with Crippen molar-refractivity contribution >= 4 is 11.8 Å². The van der Waals surface area contributed by atoms with Gasteiger partial charge in [0.1, 0.15) is 5.82 Å². The molecule has 1 unspecified atom stereocenters. The fourth-order valence-corrected chi connectivity index (χ4v) is 4.26. The van der Waals surface area contributed by atoms with Crippen molar-refractivity contribution in [1.29, 1.82) is 0 Å². The van der Waals surface area contributed by atoms with Crippen molar-refractivity contribution in [2.45, 2.75) is 33.6 Å². The van der Waals surface area contributed by atoms with Crippen molar-refractivity contribution in [2.75, 3.05) is 19.6 Å². The SMILES string of the molecule is C=CCNC(=O)C1(Cc2ccccc2-c2ccccc2F)CCN(C(=O)C(C)(C)C)C1. The number of halogens is 1. The predicted octanol–water partition coefficient (Wildman–Crippen LogP) is 4.60. The summed E-state index contributed by atoms with van der Waals surface area (Å²) in [7, 11) is 0. The van der Waals surface area contributed by atoms with E-state index in [1.165, 1.54) is 6.07 Å². The molecule has 164 valence electrons. The Kier molecular flexibility index (Phi) is 6.63. The van der Waals surface area contributed by atoms with Crippen LogP contribution >= 0.6 is 0 Å². The van der Waals surface area contributed by atoms with Gasteiger partial charge in [-0.3, -0.25) is 9.59 Å². The van der Waals surface area contributed by atoms with Crippen molar-refractivity contribution in [2.24, 2.45) is 10.8 Å². The Balaban J connectivity index is 1.98. The molecule has 0 spiro atoms. The highest BCUT2D eigenvalue weighted by Gasteiger charge is 2.47. The van der Waals surface area contributed by atoms with Gasteiger partial charge in [-0.15, -0.1) is 6.58 Å². The zero-order valence-corrected chi connectivity index (χ0v) is 18.6. The first-order valence-electron chi connectivity index (χ1n) is 10.7. The molecule has 0 bridgehead atoms. The third-order valence-electron chi connectivity index (χ3n) is 5.88. The Labute approximate surface area is 184 Å². The maximum atomic E-state index is 14.5. The lowest BCUT2D eigenvalue weighted by Gasteiger charge is -2.31. The number of amides is 2. The Morgan fingerprint density at radius 3 is 2.42 bits per heavy atom. The third kappa shape index (κ3) is 4.87. The molecular weight excluding hydrogens is 391 g/mol. The highest BCUT2D eigenvalue weighted by Crippen LogP contribution is 2.39. The van der Waals surface area contributed by atoms with Gasteiger partial charge in [-0.25, -0.2) is 4.39 Å². The quantitative estimate of drug-likeness (QED) is 0.692. The zero-order chi connectivity index (χ0) is 22.6. The van der Waals surface area contributed by atoms with E-state index in [0.29, 0.717) is 38.0 Å². The summed E-state index contributed by atoms with van der Waals surface area (Å²) in [6.45, 7) is 10.6. The van der Waals surface area contributed by atoms with Crippen LogP contribution < -0.4 is 5.32 Å². The number of hydrogen-bond donors (Lipinski definition) is 1. The molecule has 0 saturated carbocycles. The minimum atomic E-state index is -0.773. The molecule has 1 heterocycles. The lowest BCUT2D eigenvalue weighted by atomic mass is 9.78. The Morgan fingerprint density at radius 1 is 1.13 bits per heavy atom. The standard InChI is InChI=1S/C26H31FN2O2/c1-5-15-28-23(30)26(14-16-29(18-26)24(31)25(2,3)4)17-19-10-6-7-11-20(19)21-12-8-9-13-22(21)27/h5-13H,1,14-18H2,2-4H3,(H,28,30). The molecule has 3 rings (SSSR count). The van der Waals surface area contributed by atoms with Crippen LogP contribution in [0.1, 0.15) is 32.8 Å². The molecule has 5 heteroatoms. The molecule has 1 N–H and O–H groups in total. The van der Waals surface area contributed by atoms with E-state index in [-0.39, 0.29) is 17.6 Å². The molecule has 1 fully saturated rings. The highest BCUT2D eigenvalue weighted by molar-refractivity contribution is 5.87. The van der Waals surface area contributed by atoms with E-state index < -0.39 is 10.8 Å². The van der Waals surface area contributed by atoms with Gasteiger partial charge in [0.15, 0.2) is 0 Å². The summed E-state index contributed by atoms with van der Waals surface area (Å²) in [6, 6.07) is 14.3. The average Bonchev–Trinajstić information content (AvgIpc) is 3.17. The predicted molar refractivity (Wildman–Crippen MR) is 122 cm³/mol. The minimum Gasteiger partial charge on any atom is -0.352 e. The average molecular weight is 423 g/mol. The molecule has 1 atom stereocenters. The number of carbonyl (C=O) groups is 2. The highest BCUT2D eigenvalue weighted by atomic mass is 19.1. The molecular formula is C26H31FN2O2. The smallest absolute Gasteiger partial charge is 0.228 e. The number of rotatable bonds is 6. The van der Waals surface area contributed by atoms with Crippen molar-refractivity contribution in [3.8, 4) is 11.1 Å². The van der Waals surface area contributed by atoms with Gasteiger partial charge >= 0.3 is 0 Å². The van der Waals surface area contributed by atoms with Gasteiger partial charge in [0.05, 0.1) is 5.41 Å². The molecule has 31 heavy (non-hydrogen) atoms. The van der Waals surface area contributed by atoms with E-state index in [2.05, 4.69) is 11.9 Å². The molecule has 4 nitrogen and oxygen atoms in total. The second-order valence-corrected chi connectivity index (χ2v) is 9.32. The molecule has 2 amide bonds. The van der Waals surface area contributed by atoms with E-state index in [4.69, 9.17) is 0 Å². The van der Waals surface area contributed by atoms with E-state index in [0.717, 1.165) is 11.1 Å². The Morgan fingerprint density at radius 2 is 1.77 bits per heavy atom. The van der Waals surface area contributed by atoms with E-state index >= 15 is 0 Å². The summed E-state index contributed by atoms with van der Waals surface area (Å²) in [4.78, 5) is 28.0. The normalized spacial score (nSPS) is 18.6. The number of nitrogens with one attached hydrogen (secondary N) is 1. The van der Waals surface area contributed by atoms with Crippen LogP contribution in [-0.4, -0.2) is 36.3 Å². The van der Waals surface area contributed by atoms with Crippen molar-refractivity contribution < 1.29 is 14.0 Å². The van der Waals surface area contributed by atoms with E-state index in [1.807, 2.05) is 45.0 Å². The molecule has 2 aromatic carbocycles. The van der Waals surface area contributed by atoms with Crippen molar-refractivity contribution in [3.05, 3.63) is 72.6 Å². The Bertz CT molecular complexity index is 979. The maximum absolute atomic E-state index is 14.5. The third-order valence-corrected chi connectivity index (χ3v) is 5.88. The summed E-state index contributed by atoms with van der Waals surface area (Å²) < 4.78 is 14.5. The van der Waals surface area contributed by atoms with E-state index in [1.54, 1.807) is 29.2 Å². The second kappa shape index (κ2) is 9.04. The zero-order valence-electron chi connectivity index (χ0n) is 18.6. The summed E-state index contributed by atoms with van der Waals surface area (Å²) in [5, 5.41) is 2.94. The van der Waals surface area contributed by atoms with Gasteiger partial charge in [0.2, 0.25) is 11.8 Å². The molecule has 0 aliphatic carbocycles. The number of nitrogens with zero attached hydrogens (tertiary/aromatic N) is 1. The van der Waals surface area contributed by atoms with Gasteiger partial charge in [-0.1, -0.05) is 69.3 Å². The van der Waals surface area contributed by atoms with Crippen LogP contribution in [0.3, 0.4) is 0 Å². The summed E-state index contributed by atoms with van der Waals surface area (Å²) in [5.41, 5.74) is 0.896. The summed E-state index contributed by atoms with van der Waals surface area (Å²) >= 11 is 0. The van der Waals surface area contributed by atoms with Crippen LogP contribution in [0.2, 0.25) is 0 Å². The number of likely N-dealkylation sites (tertiary alicyclic amines) is 1. The van der Waals surface area contributed by atoms with Gasteiger partial charge < -0.3 is 10.2 Å². The fraction of sp³-hybridized carbons (Fsp3) is 0.385. The lowest BCUT2D eigenvalue weighted by molar-refractivity contribution is -0.139. The maximum Gasteiger partial charge on any atom is 0.228 e. The van der Waals surface area contributed by atoms with E-state index in [9.17, 15) is 14.0 Å². The first-order chi connectivity index (χ1) is 14.7. The van der Waals surface area contributed by atoms with Crippen LogP contribution in [0.4, 0.5) is 4.39 Å². The van der Waals surface area contributed by atoms with Crippen molar-refractivity contribution in [3.63, 3.8) is 0 Å². The molecule has 1 aliphatic heterocycles. The number of benzene rings is 2. The summed E-state index contributed by atoms with van der Waals surface area (Å²) in [6.07, 6.45) is 2.63. The van der Waals surface area contributed by atoms with Gasteiger partial charge in [-0.2, -0.15) is 0 Å². The lowest BCUT2D eigenvalue weighted by Crippen LogP contribution is -2.46. The van der Waals surface area contributed by atoms with Crippen LogP contribution in [0.15, 0.2) is 61.2 Å². The Hall–Kier alpha value is -2.95. The number of hydrogen-bond acceptors (Lipinski definition) is 2. The largest absolute Gasteiger partial charge is 0.352 e.